The Kier molecular flexibility index (Phi) is 4.55. The zero-order valence-corrected chi connectivity index (χ0v) is 15.4. The average molecular weight is 369 g/mol. The van der Waals surface area contributed by atoms with Crippen LogP contribution in [0, 0.1) is 0 Å². The van der Waals surface area contributed by atoms with Crippen molar-refractivity contribution in [2.45, 2.75) is 32.2 Å². The average Bonchev–Trinajstić information content (AvgIpc) is 3.11. The second-order valence-electron chi connectivity index (χ2n) is 6.67. The maximum Gasteiger partial charge on any atom is 0.249 e. The van der Waals surface area contributed by atoms with E-state index in [1.807, 2.05) is 36.4 Å². The number of hydrogen-bond acceptors (Lipinski definition) is 5. The molecule has 26 heavy (non-hydrogen) atoms. The Hall–Kier alpha value is -2.53. The molecule has 1 aliphatic rings. The van der Waals surface area contributed by atoms with Gasteiger partial charge in [0.25, 0.3) is 0 Å². The zero-order chi connectivity index (χ0) is 18.1. The first-order valence-electron chi connectivity index (χ1n) is 8.83. The molecule has 0 saturated carbocycles. The SMILES string of the molecule is CC(c1nc(Cc2ccc(Cl)cc2)no1)N1CCCc2c(N)cccc21. The van der Waals surface area contributed by atoms with Gasteiger partial charge < -0.3 is 15.2 Å². The maximum absolute atomic E-state index is 6.16. The lowest BCUT2D eigenvalue weighted by molar-refractivity contribution is 0.349. The van der Waals surface area contributed by atoms with Gasteiger partial charge in [0.05, 0.1) is 0 Å². The maximum atomic E-state index is 6.16. The molecule has 6 heteroatoms. The van der Waals surface area contributed by atoms with Crippen molar-refractivity contribution in [3.63, 3.8) is 0 Å². The van der Waals surface area contributed by atoms with E-state index in [9.17, 15) is 0 Å². The largest absolute Gasteiger partial charge is 0.398 e. The van der Waals surface area contributed by atoms with Crippen LogP contribution in [0.25, 0.3) is 0 Å². The third-order valence-electron chi connectivity index (χ3n) is 4.91. The number of rotatable bonds is 4. The molecule has 0 saturated heterocycles. The molecule has 0 radical (unpaired) electrons. The molecule has 5 nitrogen and oxygen atoms in total. The van der Waals surface area contributed by atoms with Crippen molar-refractivity contribution in [1.82, 2.24) is 10.1 Å². The minimum Gasteiger partial charge on any atom is -0.398 e. The lowest BCUT2D eigenvalue weighted by Gasteiger charge is -2.35. The molecule has 2 N–H and O–H groups in total. The van der Waals surface area contributed by atoms with Gasteiger partial charge in [-0.15, -0.1) is 0 Å². The molecule has 3 aromatic rings. The number of hydrogen-bond donors (Lipinski definition) is 1. The Morgan fingerprint density at radius 3 is 2.85 bits per heavy atom. The molecule has 0 bridgehead atoms. The third-order valence-corrected chi connectivity index (χ3v) is 5.16. The standard InChI is InChI=1S/C20H21ClN4O/c1-13(25-11-3-4-16-17(22)5-2-6-18(16)25)20-23-19(24-26-20)12-14-7-9-15(21)10-8-14/h2,5-10,13H,3-4,11-12,22H2,1H3. The first-order valence-corrected chi connectivity index (χ1v) is 9.20. The van der Waals surface area contributed by atoms with Gasteiger partial charge in [0.2, 0.25) is 5.89 Å². The quantitative estimate of drug-likeness (QED) is 0.691. The van der Waals surface area contributed by atoms with Gasteiger partial charge >= 0.3 is 0 Å². The third kappa shape index (κ3) is 3.27. The van der Waals surface area contributed by atoms with Crippen LogP contribution in [0.4, 0.5) is 11.4 Å². The molecule has 0 spiro atoms. The number of benzene rings is 2. The highest BCUT2D eigenvalue weighted by Crippen LogP contribution is 2.36. The van der Waals surface area contributed by atoms with E-state index >= 15 is 0 Å². The fourth-order valence-corrected chi connectivity index (χ4v) is 3.64. The monoisotopic (exact) mass is 368 g/mol. The second-order valence-corrected chi connectivity index (χ2v) is 7.11. The fourth-order valence-electron chi connectivity index (χ4n) is 3.51. The van der Waals surface area contributed by atoms with Crippen LogP contribution in [-0.4, -0.2) is 16.7 Å². The fraction of sp³-hybridized carbons (Fsp3) is 0.300. The second kappa shape index (κ2) is 7.00. The molecule has 2 aromatic carbocycles. The molecule has 2 heterocycles. The highest BCUT2D eigenvalue weighted by Gasteiger charge is 2.27. The van der Waals surface area contributed by atoms with Crippen molar-refractivity contribution in [3.05, 3.63) is 70.3 Å². The van der Waals surface area contributed by atoms with Gasteiger partial charge in [-0.25, -0.2) is 0 Å². The van der Waals surface area contributed by atoms with Gasteiger partial charge in [0.15, 0.2) is 5.82 Å². The van der Waals surface area contributed by atoms with Crippen LogP contribution in [0.15, 0.2) is 47.0 Å². The summed E-state index contributed by atoms with van der Waals surface area (Å²) in [6, 6.07) is 13.8. The van der Waals surface area contributed by atoms with Gasteiger partial charge in [-0.05, 0) is 55.2 Å². The van der Waals surface area contributed by atoms with E-state index in [0.717, 1.165) is 35.7 Å². The molecular formula is C20H21ClN4O. The van der Waals surface area contributed by atoms with E-state index in [0.29, 0.717) is 18.1 Å². The smallest absolute Gasteiger partial charge is 0.249 e. The summed E-state index contributed by atoms with van der Waals surface area (Å²) < 4.78 is 5.56. The van der Waals surface area contributed by atoms with Gasteiger partial charge in [-0.1, -0.05) is 35.0 Å². The number of aromatic nitrogens is 2. The van der Waals surface area contributed by atoms with Crippen LogP contribution in [0.5, 0.6) is 0 Å². The predicted octanol–water partition coefficient (Wildman–Crippen LogP) is 4.41. The lowest BCUT2D eigenvalue weighted by atomic mass is 9.98. The Labute approximate surface area is 157 Å². The summed E-state index contributed by atoms with van der Waals surface area (Å²) in [5, 5.41) is 4.87. The first-order chi connectivity index (χ1) is 12.6. The van der Waals surface area contributed by atoms with Crippen molar-refractivity contribution >= 4 is 23.0 Å². The van der Waals surface area contributed by atoms with Crippen molar-refractivity contribution in [2.75, 3.05) is 17.2 Å². The molecular weight excluding hydrogens is 348 g/mol. The van der Waals surface area contributed by atoms with Crippen LogP contribution in [0.3, 0.4) is 0 Å². The predicted molar refractivity (Wildman–Crippen MR) is 103 cm³/mol. The van der Waals surface area contributed by atoms with Crippen LogP contribution in [0.2, 0.25) is 5.02 Å². The topological polar surface area (TPSA) is 68.2 Å². The van der Waals surface area contributed by atoms with E-state index in [-0.39, 0.29) is 6.04 Å². The van der Waals surface area contributed by atoms with E-state index in [4.69, 9.17) is 21.9 Å². The molecule has 1 unspecified atom stereocenters. The van der Waals surface area contributed by atoms with E-state index in [2.05, 4.69) is 28.0 Å². The lowest BCUT2D eigenvalue weighted by Crippen LogP contribution is -2.32. The van der Waals surface area contributed by atoms with Crippen molar-refractivity contribution in [2.24, 2.45) is 0 Å². The molecule has 1 atom stereocenters. The highest BCUT2D eigenvalue weighted by molar-refractivity contribution is 6.30. The van der Waals surface area contributed by atoms with Crippen molar-refractivity contribution in [3.8, 4) is 0 Å². The minimum absolute atomic E-state index is 0.00215. The Balaban J connectivity index is 1.55. The molecule has 0 fully saturated rings. The first kappa shape index (κ1) is 16.9. The summed E-state index contributed by atoms with van der Waals surface area (Å²) in [4.78, 5) is 6.92. The van der Waals surface area contributed by atoms with Gasteiger partial charge in [0.1, 0.15) is 6.04 Å². The summed E-state index contributed by atoms with van der Waals surface area (Å²) in [5.74, 6) is 1.31. The summed E-state index contributed by atoms with van der Waals surface area (Å²) in [5.41, 5.74) is 10.5. The Bertz CT molecular complexity index is 906. The summed E-state index contributed by atoms with van der Waals surface area (Å²) in [6.45, 7) is 3.05. The van der Waals surface area contributed by atoms with Crippen LogP contribution in [-0.2, 0) is 12.8 Å². The van der Waals surface area contributed by atoms with Crippen LogP contribution >= 0.6 is 11.6 Å². The molecule has 4 rings (SSSR count). The van der Waals surface area contributed by atoms with Crippen molar-refractivity contribution < 1.29 is 4.52 Å². The summed E-state index contributed by atoms with van der Waals surface area (Å²) in [7, 11) is 0. The summed E-state index contributed by atoms with van der Waals surface area (Å²) >= 11 is 5.93. The number of anilines is 2. The molecule has 134 valence electrons. The zero-order valence-electron chi connectivity index (χ0n) is 14.7. The number of halogens is 1. The van der Waals surface area contributed by atoms with Crippen LogP contribution in [0.1, 0.15) is 42.2 Å². The normalized spacial score (nSPS) is 14.9. The number of nitrogens with zero attached hydrogens (tertiary/aromatic N) is 3. The van der Waals surface area contributed by atoms with Crippen LogP contribution < -0.4 is 10.6 Å². The molecule has 1 aromatic heterocycles. The highest BCUT2D eigenvalue weighted by atomic mass is 35.5. The Morgan fingerprint density at radius 2 is 2.04 bits per heavy atom. The number of nitrogens with two attached hydrogens (primary N) is 1. The molecule has 0 amide bonds. The van der Waals surface area contributed by atoms with Gasteiger partial charge in [-0.2, -0.15) is 4.98 Å². The number of nitrogen functional groups attached to an aromatic ring is 1. The van der Waals surface area contributed by atoms with Gasteiger partial charge in [-0.3, -0.25) is 0 Å². The van der Waals surface area contributed by atoms with E-state index in [1.54, 1.807) is 0 Å². The molecule has 1 aliphatic heterocycles. The van der Waals surface area contributed by atoms with E-state index in [1.165, 1.54) is 11.3 Å². The van der Waals surface area contributed by atoms with E-state index < -0.39 is 0 Å². The number of fused-ring (bicyclic) bond motifs is 1. The van der Waals surface area contributed by atoms with Crippen molar-refractivity contribution in [1.29, 1.82) is 0 Å². The molecule has 0 aliphatic carbocycles. The summed E-state index contributed by atoms with van der Waals surface area (Å²) in [6.07, 6.45) is 2.70. The Morgan fingerprint density at radius 1 is 1.23 bits per heavy atom. The minimum atomic E-state index is 0.00215. The van der Waals surface area contributed by atoms with Gasteiger partial charge in [0, 0.05) is 29.4 Å².